The van der Waals surface area contributed by atoms with Gasteiger partial charge in [0.1, 0.15) is 17.9 Å². The molecule has 0 unspecified atom stereocenters. The van der Waals surface area contributed by atoms with Crippen molar-refractivity contribution < 1.29 is 13.5 Å². The Balaban J connectivity index is 1.48. The van der Waals surface area contributed by atoms with Crippen molar-refractivity contribution in [3.8, 4) is 17.1 Å². The van der Waals surface area contributed by atoms with E-state index in [2.05, 4.69) is 29.6 Å². The van der Waals surface area contributed by atoms with Crippen LogP contribution in [0.3, 0.4) is 0 Å². The van der Waals surface area contributed by atoms with Crippen LogP contribution in [0.15, 0.2) is 47.8 Å². The average molecular weight is 385 g/mol. The van der Waals surface area contributed by atoms with Gasteiger partial charge >= 0.3 is 6.61 Å². The zero-order chi connectivity index (χ0) is 19.5. The number of nitrogens with zero attached hydrogens (tertiary/aromatic N) is 4. The second-order valence-corrected chi connectivity index (χ2v) is 6.45. The highest BCUT2D eigenvalue weighted by molar-refractivity contribution is 5.52. The van der Waals surface area contributed by atoms with Crippen LogP contribution in [-0.4, -0.2) is 38.0 Å². The number of ether oxygens (including phenoxy) is 1. The van der Waals surface area contributed by atoms with Crippen LogP contribution in [0.25, 0.3) is 11.4 Å². The molecule has 3 heterocycles. The van der Waals surface area contributed by atoms with E-state index in [9.17, 15) is 13.6 Å². The largest absolute Gasteiger partial charge is 0.435 e. The molecule has 0 aliphatic carbocycles. The Morgan fingerprint density at radius 3 is 2.64 bits per heavy atom. The molecule has 1 aliphatic rings. The van der Waals surface area contributed by atoms with Crippen LogP contribution in [-0.2, 0) is 19.5 Å². The number of alkyl halides is 2. The van der Waals surface area contributed by atoms with Crippen LogP contribution >= 0.6 is 0 Å². The number of H-pyrrole nitrogens is 1. The molecule has 0 saturated carbocycles. The zero-order valence-electron chi connectivity index (χ0n) is 14.8. The van der Waals surface area contributed by atoms with E-state index in [1.807, 2.05) is 0 Å². The minimum absolute atomic E-state index is 0.126. The van der Waals surface area contributed by atoms with Crippen LogP contribution in [0.2, 0.25) is 0 Å². The second kappa shape index (κ2) is 7.81. The standard InChI is InChI=1S/C19H17F2N5O2/c20-19(21)28-14-3-1-12(2-4-14)9-26-6-5-16-15(10-26)18(27)25-17(24-16)13-7-22-11-23-8-13/h1-4,7-8,11,19H,5-6,9-10H2,(H,24,25,27). The summed E-state index contributed by atoms with van der Waals surface area (Å²) in [5.41, 5.74) is 2.86. The number of hydrogen-bond acceptors (Lipinski definition) is 6. The normalized spacial score (nSPS) is 14.1. The second-order valence-electron chi connectivity index (χ2n) is 6.45. The third-order valence-electron chi connectivity index (χ3n) is 4.54. The van der Waals surface area contributed by atoms with Crippen LogP contribution < -0.4 is 10.3 Å². The molecule has 0 bridgehead atoms. The maximum atomic E-state index is 12.6. The van der Waals surface area contributed by atoms with Crippen LogP contribution in [0.5, 0.6) is 5.75 Å². The maximum Gasteiger partial charge on any atom is 0.387 e. The Bertz CT molecular complexity index is 1010. The molecular formula is C19H17F2N5O2. The Morgan fingerprint density at radius 1 is 1.18 bits per heavy atom. The quantitative estimate of drug-likeness (QED) is 0.726. The lowest BCUT2D eigenvalue weighted by Crippen LogP contribution is -2.35. The number of hydrogen-bond donors (Lipinski definition) is 1. The first-order valence-corrected chi connectivity index (χ1v) is 8.72. The fourth-order valence-electron chi connectivity index (χ4n) is 3.21. The number of halogens is 2. The summed E-state index contributed by atoms with van der Waals surface area (Å²) in [6.07, 6.45) is 5.28. The van der Waals surface area contributed by atoms with Crippen molar-refractivity contribution in [1.29, 1.82) is 0 Å². The van der Waals surface area contributed by atoms with Crippen LogP contribution in [0, 0.1) is 0 Å². The molecule has 7 nitrogen and oxygen atoms in total. The summed E-state index contributed by atoms with van der Waals surface area (Å²) in [7, 11) is 0. The summed E-state index contributed by atoms with van der Waals surface area (Å²) >= 11 is 0. The van der Waals surface area contributed by atoms with Crippen molar-refractivity contribution >= 4 is 0 Å². The van der Waals surface area contributed by atoms with Gasteiger partial charge in [-0.1, -0.05) is 12.1 Å². The fraction of sp³-hybridized carbons (Fsp3) is 0.263. The average Bonchev–Trinajstić information content (AvgIpc) is 2.70. The van der Waals surface area contributed by atoms with Crippen LogP contribution in [0.1, 0.15) is 16.8 Å². The zero-order valence-corrected chi connectivity index (χ0v) is 14.8. The molecule has 1 N–H and O–H groups in total. The van der Waals surface area contributed by atoms with E-state index in [-0.39, 0.29) is 11.3 Å². The fourth-order valence-corrected chi connectivity index (χ4v) is 3.21. The third kappa shape index (κ3) is 4.04. The van der Waals surface area contributed by atoms with Gasteiger partial charge in [0.05, 0.1) is 16.8 Å². The molecule has 2 aromatic heterocycles. The minimum atomic E-state index is -2.84. The molecule has 28 heavy (non-hydrogen) atoms. The number of nitrogens with one attached hydrogen (secondary N) is 1. The highest BCUT2D eigenvalue weighted by Gasteiger charge is 2.21. The van der Waals surface area contributed by atoms with Crippen molar-refractivity contribution in [1.82, 2.24) is 24.8 Å². The highest BCUT2D eigenvalue weighted by Crippen LogP contribution is 2.21. The minimum Gasteiger partial charge on any atom is -0.435 e. The smallest absolute Gasteiger partial charge is 0.387 e. The molecule has 0 saturated heterocycles. The van der Waals surface area contributed by atoms with E-state index < -0.39 is 6.61 Å². The maximum absolute atomic E-state index is 12.6. The van der Waals surface area contributed by atoms with Gasteiger partial charge in [0.25, 0.3) is 5.56 Å². The number of aromatic nitrogens is 4. The summed E-state index contributed by atoms with van der Waals surface area (Å²) in [4.78, 5) is 30.0. The molecule has 0 fully saturated rings. The van der Waals surface area contributed by atoms with Crippen molar-refractivity contribution in [3.63, 3.8) is 0 Å². The van der Waals surface area contributed by atoms with E-state index in [1.165, 1.54) is 18.5 Å². The van der Waals surface area contributed by atoms with E-state index >= 15 is 0 Å². The molecule has 4 rings (SSSR count). The predicted octanol–water partition coefficient (Wildman–Crippen LogP) is 2.39. The molecule has 0 spiro atoms. The molecule has 9 heteroatoms. The Labute approximate surface area is 159 Å². The van der Waals surface area contributed by atoms with Gasteiger partial charge in [-0.3, -0.25) is 9.69 Å². The first-order valence-electron chi connectivity index (χ1n) is 8.72. The molecule has 0 amide bonds. The van der Waals surface area contributed by atoms with Gasteiger partial charge in [-0.15, -0.1) is 0 Å². The first kappa shape index (κ1) is 18.2. The Hall–Kier alpha value is -3.20. The van der Waals surface area contributed by atoms with Crippen LogP contribution in [0.4, 0.5) is 8.78 Å². The molecule has 1 aromatic carbocycles. The number of fused-ring (bicyclic) bond motifs is 1. The topological polar surface area (TPSA) is 84.0 Å². The first-order chi connectivity index (χ1) is 13.6. The van der Waals surface area contributed by atoms with Crippen molar-refractivity contribution in [2.75, 3.05) is 6.54 Å². The number of benzene rings is 1. The number of aromatic amines is 1. The summed E-state index contributed by atoms with van der Waals surface area (Å²) in [5.74, 6) is 0.591. The molecule has 0 radical (unpaired) electrons. The molecule has 144 valence electrons. The molecule has 0 atom stereocenters. The Kier molecular flexibility index (Phi) is 5.07. The SMILES string of the molecule is O=c1[nH]c(-c2cncnc2)nc2c1CN(Cc1ccc(OC(F)F)cc1)CC2. The molecule has 3 aromatic rings. The van der Waals surface area contributed by atoms with E-state index in [0.29, 0.717) is 36.5 Å². The van der Waals surface area contributed by atoms with Gasteiger partial charge in [-0.25, -0.2) is 15.0 Å². The van der Waals surface area contributed by atoms with Gasteiger partial charge in [-0.2, -0.15) is 8.78 Å². The summed E-state index contributed by atoms with van der Waals surface area (Å²) < 4.78 is 28.8. The van der Waals surface area contributed by atoms with Gasteiger partial charge in [0.15, 0.2) is 0 Å². The van der Waals surface area contributed by atoms with E-state index in [1.54, 1.807) is 24.5 Å². The molecular weight excluding hydrogens is 368 g/mol. The highest BCUT2D eigenvalue weighted by atomic mass is 19.3. The molecule has 1 aliphatic heterocycles. The Morgan fingerprint density at radius 2 is 1.93 bits per heavy atom. The van der Waals surface area contributed by atoms with E-state index in [0.717, 1.165) is 17.8 Å². The lowest BCUT2D eigenvalue weighted by atomic mass is 10.1. The lowest BCUT2D eigenvalue weighted by Gasteiger charge is -2.27. The predicted molar refractivity (Wildman–Crippen MR) is 96.8 cm³/mol. The van der Waals surface area contributed by atoms with E-state index in [4.69, 9.17) is 0 Å². The van der Waals surface area contributed by atoms with Gasteiger partial charge in [0, 0.05) is 38.4 Å². The lowest BCUT2D eigenvalue weighted by molar-refractivity contribution is -0.0498. The van der Waals surface area contributed by atoms with Crippen molar-refractivity contribution in [2.45, 2.75) is 26.1 Å². The monoisotopic (exact) mass is 385 g/mol. The summed E-state index contributed by atoms with van der Waals surface area (Å²) in [6, 6.07) is 6.52. The van der Waals surface area contributed by atoms with Gasteiger partial charge in [-0.05, 0) is 17.7 Å². The van der Waals surface area contributed by atoms with Gasteiger partial charge < -0.3 is 9.72 Å². The van der Waals surface area contributed by atoms with Crippen molar-refractivity contribution in [2.24, 2.45) is 0 Å². The van der Waals surface area contributed by atoms with Crippen molar-refractivity contribution in [3.05, 3.63) is 70.2 Å². The summed E-state index contributed by atoms with van der Waals surface area (Å²) in [5, 5.41) is 0. The van der Waals surface area contributed by atoms with Gasteiger partial charge in [0.2, 0.25) is 0 Å². The number of rotatable bonds is 5. The summed E-state index contributed by atoms with van der Waals surface area (Å²) in [6.45, 7) is -1.03. The third-order valence-corrected chi connectivity index (χ3v) is 4.54.